The zero-order valence-corrected chi connectivity index (χ0v) is 12.6. The molecule has 0 rings (SSSR count). The van der Waals surface area contributed by atoms with Crippen LogP contribution in [0.15, 0.2) is 0 Å². The average molecular weight is 245 g/mol. The third-order valence-corrected chi connectivity index (χ3v) is 8.34. The Kier molecular flexibility index (Phi) is 9.22. The van der Waals surface area contributed by atoms with Crippen LogP contribution in [0.5, 0.6) is 0 Å². The molecule has 1 nitrogen and oxygen atoms in total. The second-order valence-electron chi connectivity index (χ2n) is 4.90. The van der Waals surface area contributed by atoms with Crippen molar-refractivity contribution in [1.82, 2.24) is 0 Å². The van der Waals surface area contributed by atoms with Crippen LogP contribution in [0.3, 0.4) is 0 Å². The SMILES string of the molecule is CCCC[P+](CCCC)(CCCC)C(C)=O. The maximum absolute atomic E-state index is 12.0. The molecule has 0 radical (unpaired) electrons. The maximum Gasteiger partial charge on any atom is 0.264 e. The van der Waals surface area contributed by atoms with Gasteiger partial charge in [0.2, 0.25) is 0 Å². The van der Waals surface area contributed by atoms with E-state index in [-0.39, 0.29) is 0 Å². The van der Waals surface area contributed by atoms with Gasteiger partial charge < -0.3 is 0 Å². The smallest absolute Gasteiger partial charge is 0.254 e. The summed E-state index contributed by atoms with van der Waals surface area (Å²) in [7, 11) is -1.26. The van der Waals surface area contributed by atoms with E-state index in [1.54, 1.807) is 0 Å². The lowest BCUT2D eigenvalue weighted by Crippen LogP contribution is -2.15. The van der Waals surface area contributed by atoms with Crippen molar-refractivity contribution >= 4 is 12.8 Å². The van der Waals surface area contributed by atoms with E-state index in [0.29, 0.717) is 5.52 Å². The Morgan fingerprint density at radius 2 is 1.12 bits per heavy atom. The van der Waals surface area contributed by atoms with Crippen LogP contribution in [0.2, 0.25) is 0 Å². The Bertz CT molecular complexity index is 167. The van der Waals surface area contributed by atoms with Gasteiger partial charge in [-0.1, -0.05) is 40.0 Å². The highest BCUT2D eigenvalue weighted by molar-refractivity contribution is 7.90. The first-order valence-electron chi connectivity index (χ1n) is 7.00. The number of carbonyl (C=O) groups is 1. The normalized spacial score (nSPS) is 11.8. The molecule has 0 aliphatic carbocycles. The van der Waals surface area contributed by atoms with Crippen LogP contribution in [0.4, 0.5) is 0 Å². The summed E-state index contributed by atoms with van der Waals surface area (Å²) in [5, 5.41) is 0. The lowest BCUT2D eigenvalue weighted by molar-refractivity contribution is -0.109. The van der Waals surface area contributed by atoms with Gasteiger partial charge in [0, 0.05) is 6.92 Å². The molecule has 0 fully saturated rings. The fraction of sp³-hybridized carbons (Fsp3) is 0.929. The monoisotopic (exact) mass is 245 g/mol. The molecule has 0 heterocycles. The summed E-state index contributed by atoms with van der Waals surface area (Å²) < 4.78 is 0. The van der Waals surface area contributed by atoms with E-state index in [4.69, 9.17) is 0 Å². The van der Waals surface area contributed by atoms with Gasteiger partial charge in [-0.25, -0.2) is 0 Å². The highest BCUT2D eigenvalue weighted by atomic mass is 31.2. The highest BCUT2D eigenvalue weighted by Gasteiger charge is 2.40. The fourth-order valence-corrected chi connectivity index (χ4v) is 6.57. The van der Waals surface area contributed by atoms with E-state index in [0.717, 1.165) is 0 Å². The van der Waals surface area contributed by atoms with E-state index in [1.165, 1.54) is 57.0 Å². The molecular formula is C14H30OP+. The van der Waals surface area contributed by atoms with Gasteiger partial charge in [0.15, 0.2) is 0 Å². The second-order valence-corrected chi connectivity index (χ2v) is 9.16. The molecule has 0 aromatic carbocycles. The Balaban J connectivity index is 4.52. The van der Waals surface area contributed by atoms with Gasteiger partial charge in [0.05, 0.1) is 25.7 Å². The summed E-state index contributed by atoms with van der Waals surface area (Å²) in [6.45, 7) is 8.55. The molecule has 0 N–H and O–H groups in total. The summed E-state index contributed by atoms with van der Waals surface area (Å²) >= 11 is 0. The summed E-state index contributed by atoms with van der Waals surface area (Å²) in [4.78, 5) is 12.0. The quantitative estimate of drug-likeness (QED) is 0.498. The summed E-state index contributed by atoms with van der Waals surface area (Å²) in [5.74, 6) is 0. The van der Waals surface area contributed by atoms with Crippen molar-refractivity contribution in [2.45, 2.75) is 66.2 Å². The van der Waals surface area contributed by atoms with E-state index in [2.05, 4.69) is 20.8 Å². The highest BCUT2D eigenvalue weighted by Crippen LogP contribution is 2.61. The van der Waals surface area contributed by atoms with Crippen molar-refractivity contribution in [1.29, 1.82) is 0 Å². The molecule has 0 saturated heterocycles. The van der Waals surface area contributed by atoms with Crippen LogP contribution < -0.4 is 0 Å². The maximum atomic E-state index is 12.0. The number of hydrogen-bond donors (Lipinski definition) is 0. The Labute approximate surface area is 103 Å². The molecule has 0 bridgehead atoms. The molecule has 0 saturated carbocycles. The van der Waals surface area contributed by atoms with Crippen LogP contribution >= 0.6 is 7.26 Å². The topological polar surface area (TPSA) is 17.1 Å². The van der Waals surface area contributed by atoms with Crippen LogP contribution in [0, 0.1) is 0 Å². The van der Waals surface area contributed by atoms with E-state index < -0.39 is 7.26 Å². The van der Waals surface area contributed by atoms with Crippen molar-refractivity contribution in [3.8, 4) is 0 Å². The van der Waals surface area contributed by atoms with Gasteiger partial charge in [-0.3, -0.25) is 4.79 Å². The molecule has 16 heavy (non-hydrogen) atoms. The largest absolute Gasteiger partial charge is 0.264 e. The molecule has 0 aromatic rings. The molecular weight excluding hydrogens is 215 g/mol. The zero-order chi connectivity index (χ0) is 12.4. The molecule has 0 unspecified atom stereocenters. The van der Waals surface area contributed by atoms with Crippen LogP contribution in [-0.2, 0) is 4.79 Å². The minimum absolute atomic E-state index is 0.544. The predicted octanol–water partition coefficient (Wildman–Crippen LogP) is 4.95. The van der Waals surface area contributed by atoms with Crippen molar-refractivity contribution in [3.63, 3.8) is 0 Å². The van der Waals surface area contributed by atoms with Gasteiger partial charge in [0.25, 0.3) is 5.52 Å². The van der Waals surface area contributed by atoms with Gasteiger partial charge in [-0.2, -0.15) is 0 Å². The van der Waals surface area contributed by atoms with Gasteiger partial charge in [0.1, 0.15) is 0 Å². The minimum Gasteiger partial charge on any atom is -0.254 e. The zero-order valence-electron chi connectivity index (χ0n) is 11.7. The molecule has 0 aliphatic heterocycles. The second kappa shape index (κ2) is 9.16. The lowest BCUT2D eigenvalue weighted by atomic mass is 10.4. The number of hydrogen-bond acceptors (Lipinski definition) is 1. The fourth-order valence-electron chi connectivity index (χ4n) is 2.19. The molecule has 2 heteroatoms. The number of carbonyl (C=O) groups excluding carboxylic acids is 1. The van der Waals surface area contributed by atoms with Crippen molar-refractivity contribution in [3.05, 3.63) is 0 Å². The first-order chi connectivity index (χ1) is 7.63. The molecule has 0 aliphatic rings. The Morgan fingerprint density at radius 3 is 1.31 bits per heavy atom. The molecule has 0 aromatic heterocycles. The van der Waals surface area contributed by atoms with E-state index >= 15 is 0 Å². The molecule has 0 atom stereocenters. The van der Waals surface area contributed by atoms with Crippen molar-refractivity contribution < 1.29 is 4.79 Å². The van der Waals surface area contributed by atoms with E-state index in [9.17, 15) is 4.79 Å². The first kappa shape index (κ1) is 16.1. The molecule has 0 spiro atoms. The Hall–Kier alpha value is 0.100. The average Bonchev–Trinajstić information content (AvgIpc) is 2.28. The molecule has 0 amide bonds. The third kappa shape index (κ3) is 5.43. The van der Waals surface area contributed by atoms with Gasteiger partial charge in [-0.15, -0.1) is 0 Å². The third-order valence-electron chi connectivity index (χ3n) is 3.49. The van der Waals surface area contributed by atoms with Gasteiger partial charge >= 0.3 is 0 Å². The summed E-state index contributed by atoms with van der Waals surface area (Å²) in [6, 6.07) is 0. The number of rotatable bonds is 10. The lowest BCUT2D eigenvalue weighted by Gasteiger charge is -2.24. The van der Waals surface area contributed by atoms with Crippen LogP contribution in [0.25, 0.3) is 0 Å². The summed E-state index contributed by atoms with van der Waals surface area (Å²) in [5.41, 5.74) is 0.544. The Morgan fingerprint density at radius 1 is 0.812 bits per heavy atom. The minimum atomic E-state index is -1.26. The van der Waals surface area contributed by atoms with E-state index in [1.807, 2.05) is 6.92 Å². The standard InChI is InChI=1S/C14H30OP/c1-5-8-11-16(14(4)15,12-9-6-2)13-10-7-3/h5-13H2,1-4H3/q+1. The summed E-state index contributed by atoms with van der Waals surface area (Å²) in [6.07, 6.45) is 11.1. The van der Waals surface area contributed by atoms with Crippen molar-refractivity contribution in [2.24, 2.45) is 0 Å². The number of unbranched alkanes of at least 4 members (excludes halogenated alkanes) is 3. The molecule has 96 valence electrons. The predicted molar refractivity (Wildman–Crippen MR) is 76.9 cm³/mol. The van der Waals surface area contributed by atoms with Crippen LogP contribution in [0.1, 0.15) is 66.2 Å². The van der Waals surface area contributed by atoms with Crippen LogP contribution in [-0.4, -0.2) is 24.0 Å². The van der Waals surface area contributed by atoms with Crippen molar-refractivity contribution in [2.75, 3.05) is 18.5 Å². The first-order valence-corrected chi connectivity index (χ1v) is 9.34. The van der Waals surface area contributed by atoms with Gasteiger partial charge in [-0.05, 0) is 19.3 Å².